The molecule has 1 aliphatic carbocycles. The van der Waals surface area contributed by atoms with Crippen LogP contribution in [0.5, 0.6) is 0 Å². The Hall–Kier alpha value is -1.20. The molecule has 0 aliphatic heterocycles. The van der Waals surface area contributed by atoms with Gasteiger partial charge in [0, 0.05) is 18.5 Å². The molecule has 21 heavy (non-hydrogen) atoms. The van der Waals surface area contributed by atoms with Gasteiger partial charge in [-0.05, 0) is 38.0 Å². The monoisotopic (exact) mass is 303 g/mol. The minimum absolute atomic E-state index is 0.112. The van der Waals surface area contributed by atoms with Crippen molar-refractivity contribution in [2.75, 3.05) is 5.73 Å². The number of nitrogens with two attached hydrogens (primary N) is 1. The SMILES string of the molecule is CC(C)Cc1c(C2CCC(C(F)(F)F)CC2)nn(C)c1N. The number of nitrogens with zero attached hydrogens (tertiary/aromatic N) is 2. The van der Waals surface area contributed by atoms with E-state index in [4.69, 9.17) is 5.73 Å². The Morgan fingerprint density at radius 3 is 2.29 bits per heavy atom. The van der Waals surface area contributed by atoms with E-state index in [1.165, 1.54) is 0 Å². The van der Waals surface area contributed by atoms with Crippen LogP contribution < -0.4 is 5.73 Å². The average molecular weight is 303 g/mol. The molecule has 0 bridgehead atoms. The Balaban J connectivity index is 2.15. The van der Waals surface area contributed by atoms with Gasteiger partial charge in [-0.3, -0.25) is 4.68 Å². The number of aromatic nitrogens is 2. The summed E-state index contributed by atoms with van der Waals surface area (Å²) in [6, 6.07) is 0. The minimum atomic E-state index is -4.06. The van der Waals surface area contributed by atoms with E-state index in [0.717, 1.165) is 17.7 Å². The third-order valence-electron chi connectivity index (χ3n) is 4.41. The van der Waals surface area contributed by atoms with Gasteiger partial charge in [-0.25, -0.2) is 0 Å². The van der Waals surface area contributed by atoms with E-state index < -0.39 is 12.1 Å². The van der Waals surface area contributed by atoms with E-state index >= 15 is 0 Å². The van der Waals surface area contributed by atoms with Crippen LogP contribution in [0.3, 0.4) is 0 Å². The van der Waals surface area contributed by atoms with Gasteiger partial charge in [-0.15, -0.1) is 0 Å². The van der Waals surface area contributed by atoms with Crippen molar-refractivity contribution in [3.8, 4) is 0 Å². The zero-order chi connectivity index (χ0) is 15.8. The summed E-state index contributed by atoms with van der Waals surface area (Å²) in [4.78, 5) is 0. The van der Waals surface area contributed by atoms with Gasteiger partial charge < -0.3 is 5.73 Å². The average Bonchev–Trinajstić information content (AvgIpc) is 2.66. The molecule has 0 saturated heterocycles. The fraction of sp³-hybridized carbons (Fsp3) is 0.800. The molecule has 1 heterocycles. The van der Waals surface area contributed by atoms with Crippen molar-refractivity contribution in [2.24, 2.45) is 18.9 Å². The highest BCUT2D eigenvalue weighted by Gasteiger charge is 2.42. The Kier molecular flexibility index (Phi) is 4.54. The summed E-state index contributed by atoms with van der Waals surface area (Å²) >= 11 is 0. The molecule has 1 aromatic rings. The molecule has 3 nitrogen and oxygen atoms in total. The first-order valence-corrected chi connectivity index (χ1v) is 7.58. The van der Waals surface area contributed by atoms with Crippen LogP contribution in [0.1, 0.15) is 56.7 Å². The number of aryl methyl sites for hydroxylation is 1. The molecule has 0 unspecified atom stereocenters. The Labute approximate surface area is 123 Å². The first-order valence-electron chi connectivity index (χ1n) is 7.58. The quantitative estimate of drug-likeness (QED) is 0.916. The van der Waals surface area contributed by atoms with Crippen LogP contribution in [0.15, 0.2) is 0 Å². The van der Waals surface area contributed by atoms with Gasteiger partial charge in [0.1, 0.15) is 5.82 Å². The van der Waals surface area contributed by atoms with Gasteiger partial charge in [0.05, 0.1) is 11.6 Å². The molecular weight excluding hydrogens is 279 g/mol. The minimum Gasteiger partial charge on any atom is -0.384 e. The maximum Gasteiger partial charge on any atom is 0.391 e. The van der Waals surface area contributed by atoms with Crippen LogP contribution in [0.25, 0.3) is 0 Å². The molecule has 1 saturated carbocycles. The third kappa shape index (κ3) is 3.52. The van der Waals surface area contributed by atoms with E-state index in [1.54, 1.807) is 11.7 Å². The van der Waals surface area contributed by atoms with Crippen LogP contribution in [-0.4, -0.2) is 16.0 Å². The molecule has 0 spiro atoms. The lowest BCUT2D eigenvalue weighted by molar-refractivity contribution is -0.182. The molecule has 2 N–H and O–H groups in total. The molecule has 6 heteroatoms. The summed E-state index contributed by atoms with van der Waals surface area (Å²) in [7, 11) is 1.80. The topological polar surface area (TPSA) is 43.8 Å². The highest BCUT2D eigenvalue weighted by atomic mass is 19.4. The van der Waals surface area contributed by atoms with Gasteiger partial charge in [-0.1, -0.05) is 13.8 Å². The van der Waals surface area contributed by atoms with E-state index in [-0.39, 0.29) is 18.8 Å². The Morgan fingerprint density at radius 2 is 1.81 bits per heavy atom. The molecule has 0 aromatic carbocycles. The lowest BCUT2D eigenvalue weighted by atomic mass is 9.79. The number of alkyl halides is 3. The molecule has 1 aliphatic rings. The summed E-state index contributed by atoms with van der Waals surface area (Å²) in [5.74, 6) is 0.0580. The summed E-state index contributed by atoms with van der Waals surface area (Å²) in [5, 5.41) is 4.48. The number of rotatable bonds is 3. The summed E-state index contributed by atoms with van der Waals surface area (Å²) in [6.07, 6.45) is -1.74. The van der Waals surface area contributed by atoms with Gasteiger partial charge in [0.2, 0.25) is 0 Å². The number of nitrogen functional groups attached to an aromatic ring is 1. The number of hydrogen-bond donors (Lipinski definition) is 1. The highest BCUT2D eigenvalue weighted by Crippen LogP contribution is 2.43. The van der Waals surface area contributed by atoms with Crippen LogP contribution >= 0.6 is 0 Å². The van der Waals surface area contributed by atoms with Gasteiger partial charge >= 0.3 is 6.18 Å². The number of hydrogen-bond acceptors (Lipinski definition) is 2. The van der Waals surface area contributed by atoms with Crippen LogP contribution in [0.4, 0.5) is 19.0 Å². The second kappa shape index (κ2) is 5.89. The maximum absolute atomic E-state index is 12.8. The third-order valence-corrected chi connectivity index (χ3v) is 4.41. The fourth-order valence-electron chi connectivity index (χ4n) is 3.24. The zero-order valence-corrected chi connectivity index (χ0v) is 12.9. The lowest BCUT2D eigenvalue weighted by Gasteiger charge is -2.29. The predicted molar refractivity (Wildman–Crippen MR) is 76.9 cm³/mol. The fourth-order valence-corrected chi connectivity index (χ4v) is 3.24. The molecule has 0 radical (unpaired) electrons. The van der Waals surface area contributed by atoms with E-state index in [2.05, 4.69) is 18.9 Å². The van der Waals surface area contributed by atoms with E-state index in [1.807, 2.05) is 0 Å². The van der Waals surface area contributed by atoms with Gasteiger partial charge in [-0.2, -0.15) is 18.3 Å². The first kappa shape index (κ1) is 16.2. The van der Waals surface area contributed by atoms with Crippen LogP contribution in [-0.2, 0) is 13.5 Å². The first-order chi connectivity index (χ1) is 9.70. The largest absolute Gasteiger partial charge is 0.391 e. The Morgan fingerprint density at radius 1 is 1.24 bits per heavy atom. The summed E-state index contributed by atoms with van der Waals surface area (Å²) < 4.78 is 39.9. The summed E-state index contributed by atoms with van der Waals surface area (Å²) in [6.45, 7) is 4.22. The molecule has 2 rings (SSSR count). The van der Waals surface area contributed by atoms with Crippen LogP contribution in [0.2, 0.25) is 0 Å². The summed E-state index contributed by atoms with van der Waals surface area (Å²) in [5.41, 5.74) is 8.03. The van der Waals surface area contributed by atoms with Crippen molar-refractivity contribution in [3.63, 3.8) is 0 Å². The van der Waals surface area contributed by atoms with Gasteiger partial charge in [0.25, 0.3) is 0 Å². The van der Waals surface area contributed by atoms with Crippen LogP contribution in [0, 0.1) is 11.8 Å². The molecule has 1 aromatic heterocycles. The molecule has 1 fully saturated rings. The maximum atomic E-state index is 12.8. The van der Waals surface area contributed by atoms with Crippen molar-refractivity contribution >= 4 is 5.82 Å². The number of halogens is 3. The van der Waals surface area contributed by atoms with Crippen molar-refractivity contribution in [2.45, 2.75) is 58.0 Å². The van der Waals surface area contributed by atoms with Crippen molar-refractivity contribution in [1.82, 2.24) is 9.78 Å². The predicted octanol–water partition coefficient (Wildman–Crippen LogP) is 4.04. The second-order valence-electron chi connectivity index (χ2n) is 6.56. The molecule has 0 amide bonds. The molecular formula is C15H24F3N3. The smallest absolute Gasteiger partial charge is 0.384 e. The Bertz CT molecular complexity index is 483. The molecule has 0 atom stereocenters. The normalized spacial score (nSPS) is 23.8. The number of anilines is 1. The highest BCUT2D eigenvalue weighted by molar-refractivity contribution is 5.45. The van der Waals surface area contributed by atoms with Crippen molar-refractivity contribution in [1.29, 1.82) is 0 Å². The zero-order valence-electron chi connectivity index (χ0n) is 12.9. The van der Waals surface area contributed by atoms with Crippen molar-refractivity contribution < 1.29 is 13.2 Å². The van der Waals surface area contributed by atoms with E-state index in [9.17, 15) is 13.2 Å². The van der Waals surface area contributed by atoms with E-state index in [0.29, 0.717) is 24.6 Å². The molecule has 120 valence electrons. The van der Waals surface area contributed by atoms with Gasteiger partial charge in [0.15, 0.2) is 0 Å². The standard InChI is InChI=1S/C15H24F3N3/c1-9(2)8-12-13(20-21(3)14(12)19)10-4-6-11(7-5-10)15(16,17)18/h9-11H,4-8,19H2,1-3H3. The van der Waals surface area contributed by atoms with Crippen molar-refractivity contribution in [3.05, 3.63) is 11.3 Å². The second-order valence-corrected chi connectivity index (χ2v) is 6.56. The lowest BCUT2D eigenvalue weighted by Crippen LogP contribution is -2.27.